The normalized spacial score (nSPS) is 13.9. The highest BCUT2D eigenvalue weighted by Gasteiger charge is 2.27. The molecule has 0 fully saturated rings. The topological polar surface area (TPSA) is 108 Å². The summed E-state index contributed by atoms with van der Waals surface area (Å²) < 4.78 is 34.4. The summed E-state index contributed by atoms with van der Waals surface area (Å²) >= 11 is 0. The van der Waals surface area contributed by atoms with Crippen LogP contribution in [0, 0.1) is 0 Å². The van der Waals surface area contributed by atoms with Gasteiger partial charge in [-0.05, 0) is 77.0 Å². The number of likely N-dealkylation sites (N-methyl/N-ethyl adjacent to an activating group) is 1. The first-order chi connectivity index (χ1) is 29.0. The van der Waals surface area contributed by atoms with Crippen LogP contribution in [0.5, 0.6) is 0 Å². The van der Waals surface area contributed by atoms with Crippen molar-refractivity contribution in [2.45, 2.75) is 213 Å². The first kappa shape index (κ1) is 58.0. The second-order valence-corrected chi connectivity index (χ2v) is 18.9. The van der Waals surface area contributed by atoms with Crippen LogP contribution in [0.15, 0.2) is 48.6 Å². The molecule has 1 N–H and O–H groups in total. The molecule has 0 heterocycles. The van der Waals surface area contributed by atoms with Gasteiger partial charge in [0.1, 0.15) is 19.8 Å². The van der Waals surface area contributed by atoms with Crippen molar-refractivity contribution < 1.29 is 42.1 Å². The Balaban J connectivity index is 4.33. The van der Waals surface area contributed by atoms with Crippen LogP contribution in [-0.4, -0.2) is 74.9 Å². The van der Waals surface area contributed by atoms with Crippen LogP contribution in [-0.2, 0) is 32.7 Å². The molecule has 0 saturated carbocycles. The van der Waals surface area contributed by atoms with Crippen LogP contribution in [0.4, 0.5) is 0 Å². The maximum Gasteiger partial charge on any atom is 0.472 e. The minimum atomic E-state index is -4.38. The van der Waals surface area contributed by atoms with Gasteiger partial charge in [0.25, 0.3) is 0 Å². The molecule has 0 aromatic carbocycles. The molecule has 0 rings (SSSR count). The third kappa shape index (κ3) is 45.5. The van der Waals surface area contributed by atoms with E-state index in [1.165, 1.54) is 103 Å². The van der Waals surface area contributed by atoms with Crippen molar-refractivity contribution in [3.05, 3.63) is 48.6 Å². The van der Waals surface area contributed by atoms with Crippen LogP contribution in [0.3, 0.4) is 0 Å². The average Bonchev–Trinajstić information content (AvgIpc) is 3.20. The van der Waals surface area contributed by atoms with Crippen molar-refractivity contribution in [3.8, 4) is 0 Å². The third-order valence-electron chi connectivity index (χ3n) is 10.3. The summed E-state index contributed by atoms with van der Waals surface area (Å²) in [6, 6.07) is 0. The van der Waals surface area contributed by atoms with E-state index in [9.17, 15) is 19.0 Å². The molecule has 0 aliphatic carbocycles. The lowest BCUT2D eigenvalue weighted by Gasteiger charge is -2.24. The lowest BCUT2D eigenvalue weighted by molar-refractivity contribution is -0.870. The molecule has 2 atom stereocenters. The summed E-state index contributed by atoms with van der Waals surface area (Å²) in [6.45, 7) is 4.38. The largest absolute Gasteiger partial charge is 0.472 e. The predicted molar refractivity (Wildman–Crippen MR) is 252 cm³/mol. The molecular formula is C50H93NO8P+. The number of allylic oxidation sites excluding steroid dienone is 8. The highest BCUT2D eigenvalue weighted by atomic mass is 31.2. The van der Waals surface area contributed by atoms with Crippen molar-refractivity contribution in [2.75, 3.05) is 47.5 Å². The third-order valence-corrected chi connectivity index (χ3v) is 11.3. The van der Waals surface area contributed by atoms with Gasteiger partial charge in [-0.15, -0.1) is 0 Å². The van der Waals surface area contributed by atoms with Crippen LogP contribution >= 0.6 is 7.82 Å². The van der Waals surface area contributed by atoms with E-state index in [2.05, 4.69) is 62.5 Å². The molecule has 350 valence electrons. The number of phosphoric acid groups is 1. The molecule has 2 unspecified atom stereocenters. The number of carbonyl (C=O) groups excluding carboxylic acids is 2. The molecule has 0 aliphatic heterocycles. The predicted octanol–water partition coefficient (Wildman–Crippen LogP) is 14.2. The number of nitrogens with zero attached hydrogens (tertiary/aromatic N) is 1. The maximum absolute atomic E-state index is 12.7. The molecule has 0 saturated heterocycles. The van der Waals surface area contributed by atoms with Crippen molar-refractivity contribution >= 4 is 19.8 Å². The van der Waals surface area contributed by atoms with Crippen molar-refractivity contribution in [3.63, 3.8) is 0 Å². The molecule has 60 heavy (non-hydrogen) atoms. The monoisotopic (exact) mass is 867 g/mol. The Morgan fingerprint density at radius 1 is 0.517 bits per heavy atom. The van der Waals surface area contributed by atoms with Gasteiger partial charge in [0.2, 0.25) is 0 Å². The zero-order valence-corrected chi connectivity index (χ0v) is 40.3. The molecular weight excluding hydrogens is 774 g/mol. The fourth-order valence-corrected chi connectivity index (χ4v) is 7.23. The molecule has 0 amide bonds. The van der Waals surface area contributed by atoms with E-state index >= 15 is 0 Å². The zero-order valence-electron chi connectivity index (χ0n) is 39.4. The van der Waals surface area contributed by atoms with E-state index in [0.717, 1.165) is 70.6 Å². The van der Waals surface area contributed by atoms with Gasteiger partial charge >= 0.3 is 19.8 Å². The molecule has 9 nitrogen and oxygen atoms in total. The van der Waals surface area contributed by atoms with Crippen LogP contribution in [0.2, 0.25) is 0 Å². The molecule has 0 aliphatic rings. The Morgan fingerprint density at radius 2 is 0.900 bits per heavy atom. The number of ether oxygens (including phenoxy) is 2. The summed E-state index contributed by atoms with van der Waals surface area (Å²) in [4.78, 5) is 35.5. The standard InChI is InChI=1S/C50H92NO8P/c1-6-8-10-12-14-16-18-20-22-24-26-28-30-32-34-36-38-40-42-49(52)56-46-48(47-58-60(54,55)57-45-44-51(3,4)5)59-50(53)43-41-39-37-35-33-31-29-27-25-23-21-19-17-15-13-11-9-7-2/h16-19,22-25,48H,6-15,20-21,26-47H2,1-5H3/p+1/b18-16-,19-17-,24-22-,25-23-. The van der Waals surface area contributed by atoms with E-state index in [1.54, 1.807) is 0 Å². The number of unbranched alkanes of at least 4 members (excludes halogenated alkanes) is 22. The number of hydrogen-bond acceptors (Lipinski definition) is 7. The van der Waals surface area contributed by atoms with Crippen molar-refractivity contribution in [1.82, 2.24) is 0 Å². The van der Waals surface area contributed by atoms with Gasteiger partial charge in [-0.2, -0.15) is 0 Å². The lowest BCUT2D eigenvalue weighted by Crippen LogP contribution is -2.37. The van der Waals surface area contributed by atoms with E-state index in [1.807, 2.05) is 21.1 Å². The molecule has 0 spiro atoms. The fraction of sp³-hybridized carbons (Fsp3) is 0.800. The number of rotatable bonds is 44. The smallest absolute Gasteiger partial charge is 0.462 e. The van der Waals surface area contributed by atoms with Gasteiger partial charge in [0, 0.05) is 12.8 Å². The van der Waals surface area contributed by atoms with E-state index in [-0.39, 0.29) is 32.0 Å². The maximum atomic E-state index is 12.7. The highest BCUT2D eigenvalue weighted by molar-refractivity contribution is 7.47. The summed E-state index contributed by atoms with van der Waals surface area (Å²) in [5.41, 5.74) is 0. The first-order valence-electron chi connectivity index (χ1n) is 24.4. The Morgan fingerprint density at radius 3 is 1.32 bits per heavy atom. The molecule has 10 heteroatoms. The van der Waals surface area contributed by atoms with Crippen LogP contribution in [0.25, 0.3) is 0 Å². The lowest BCUT2D eigenvalue weighted by atomic mass is 10.1. The molecule has 0 bridgehead atoms. The van der Waals surface area contributed by atoms with E-state index < -0.39 is 26.5 Å². The number of quaternary nitrogens is 1. The van der Waals surface area contributed by atoms with E-state index in [0.29, 0.717) is 17.4 Å². The van der Waals surface area contributed by atoms with Gasteiger partial charge < -0.3 is 18.9 Å². The van der Waals surface area contributed by atoms with Gasteiger partial charge in [0.05, 0.1) is 27.7 Å². The highest BCUT2D eigenvalue weighted by Crippen LogP contribution is 2.43. The van der Waals surface area contributed by atoms with Crippen molar-refractivity contribution in [2.24, 2.45) is 0 Å². The second kappa shape index (κ2) is 42.3. The Bertz CT molecular complexity index is 1160. The quantitative estimate of drug-likeness (QED) is 0.0212. The summed E-state index contributed by atoms with van der Waals surface area (Å²) in [5, 5.41) is 0. The zero-order chi connectivity index (χ0) is 44.3. The Hall–Kier alpha value is -2.03. The molecule has 0 radical (unpaired) electrons. The first-order valence-corrected chi connectivity index (χ1v) is 25.9. The van der Waals surface area contributed by atoms with E-state index in [4.69, 9.17) is 18.5 Å². The number of esters is 2. The number of phosphoric ester groups is 1. The summed E-state index contributed by atoms with van der Waals surface area (Å²) in [5.74, 6) is -0.814. The van der Waals surface area contributed by atoms with Gasteiger partial charge in [-0.25, -0.2) is 4.57 Å². The summed E-state index contributed by atoms with van der Waals surface area (Å²) in [6.07, 6.45) is 50.1. The average molecular weight is 867 g/mol. The molecule has 0 aromatic heterocycles. The van der Waals surface area contributed by atoms with Gasteiger partial charge in [-0.1, -0.05) is 165 Å². The number of carbonyl (C=O) groups is 2. The second-order valence-electron chi connectivity index (χ2n) is 17.5. The van der Waals surface area contributed by atoms with Crippen LogP contribution in [0.1, 0.15) is 206 Å². The minimum absolute atomic E-state index is 0.0275. The van der Waals surface area contributed by atoms with Crippen molar-refractivity contribution in [1.29, 1.82) is 0 Å². The summed E-state index contributed by atoms with van der Waals surface area (Å²) in [7, 11) is 1.46. The Kier molecular flexibility index (Phi) is 40.8. The van der Waals surface area contributed by atoms with Crippen LogP contribution < -0.4 is 0 Å². The van der Waals surface area contributed by atoms with Gasteiger partial charge in [0.15, 0.2) is 6.10 Å². The SMILES string of the molecule is CCCCCC/C=C\C/C=C\CCCCCCCCCC(=O)OCC(COP(=O)(O)OCC[N+](C)(C)C)OC(=O)CCCCCCCCC/C=C\C/C=C\CCCCCC. The Labute approximate surface area is 369 Å². The molecule has 0 aromatic rings. The number of hydrogen-bond donors (Lipinski definition) is 1. The fourth-order valence-electron chi connectivity index (χ4n) is 6.49. The minimum Gasteiger partial charge on any atom is -0.462 e. The van der Waals surface area contributed by atoms with Gasteiger partial charge in [-0.3, -0.25) is 18.6 Å².